The standard InChI is InChI=1S/C20H27N5O3S/c1-13(2)28-19(27)15-9-6-10-16(11-15)22-17(26)12-29-20-24-23-18(25(20)21)14-7-4-3-5-8-14/h6,9-11,13-14H,3-5,7-8,12,21H2,1-2H3,(H,22,26). The molecule has 1 saturated carbocycles. The normalized spacial score (nSPS) is 14.7. The summed E-state index contributed by atoms with van der Waals surface area (Å²) in [5.74, 6) is 6.80. The Kier molecular flexibility index (Phi) is 7.13. The van der Waals surface area contributed by atoms with E-state index in [0.717, 1.165) is 18.7 Å². The minimum Gasteiger partial charge on any atom is -0.459 e. The van der Waals surface area contributed by atoms with Crippen LogP contribution in [0.3, 0.4) is 0 Å². The van der Waals surface area contributed by atoms with Crippen LogP contribution >= 0.6 is 11.8 Å². The molecule has 29 heavy (non-hydrogen) atoms. The number of nitrogen functional groups attached to an aromatic ring is 1. The second kappa shape index (κ2) is 9.78. The van der Waals surface area contributed by atoms with Crippen molar-refractivity contribution in [3.8, 4) is 0 Å². The number of hydrogen-bond donors (Lipinski definition) is 2. The molecule has 0 saturated heterocycles. The number of aromatic nitrogens is 3. The fourth-order valence-electron chi connectivity index (χ4n) is 3.36. The minimum absolute atomic E-state index is 0.140. The van der Waals surface area contributed by atoms with Crippen LogP contribution in [0.1, 0.15) is 68.1 Å². The Morgan fingerprint density at radius 3 is 2.76 bits per heavy atom. The van der Waals surface area contributed by atoms with Crippen LogP contribution in [0.15, 0.2) is 29.4 Å². The number of anilines is 1. The van der Waals surface area contributed by atoms with Gasteiger partial charge in [0.2, 0.25) is 11.1 Å². The van der Waals surface area contributed by atoms with Gasteiger partial charge in [0.05, 0.1) is 17.4 Å². The average Bonchev–Trinajstić information content (AvgIpc) is 3.07. The van der Waals surface area contributed by atoms with Crippen molar-refractivity contribution < 1.29 is 14.3 Å². The van der Waals surface area contributed by atoms with Gasteiger partial charge in [-0.1, -0.05) is 37.1 Å². The van der Waals surface area contributed by atoms with Crippen LogP contribution < -0.4 is 11.2 Å². The van der Waals surface area contributed by atoms with Crippen molar-refractivity contribution in [2.45, 2.75) is 63.1 Å². The number of amides is 1. The number of hydrogen-bond acceptors (Lipinski definition) is 7. The topological polar surface area (TPSA) is 112 Å². The molecule has 1 amide bonds. The van der Waals surface area contributed by atoms with Crippen molar-refractivity contribution in [1.82, 2.24) is 14.9 Å². The van der Waals surface area contributed by atoms with E-state index in [1.807, 2.05) is 0 Å². The number of benzene rings is 1. The number of nitrogens with one attached hydrogen (secondary N) is 1. The molecule has 2 aromatic rings. The number of thioether (sulfide) groups is 1. The second-order valence-electron chi connectivity index (χ2n) is 7.42. The van der Waals surface area contributed by atoms with Crippen molar-refractivity contribution in [3.05, 3.63) is 35.7 Å². The smallest absolute Gasteiger partial charge is 0.338 e. The zero-order valence-electron chi connectivity index (χ0n) is 16.8. The van der Waals surface area contributed by atoms with Crippen LogP contribution in [0.4, 0.5) is 5.69 Å². The Morgan fingerprint density at radius 2 is 2.03 bits per heavy atom. The van der Waals surface area contributed by atoms with Gasteiger partial charge in [-0.2, -0.15) is 0 Å². The zero-order chi connectivity index (χ0) is 20.8. The maximum Gasteiger partial charge on any atom is 0.338 e. The molecule has 0 radical (unpaired) electrons. The molecule has 1 aromatic carbocycles. The molecular weight excluding hydrogens is 390 g/mol. The van der Waals surface area contributed by atoms with E-state index in [-0.39, 0.29) is 17.8 Å². The minimum atomic E-state index is -0.419. The van der Waals surface area contributed by atoms with E-state index in [0.29, 0.717) is 22.3 Å². The third-order valence-corrected chi connectivity index (χ3v) is 5.66. The first-order valence-electron chi connectivity index (χ1n) is 9.88. The third kappa shape index (κ3) is 5.72. The number of carbonyl (C=O) groups is 2. The first-order chi connectivity index (χ1) is 13.9. The highest BCUT2D eigenvalue weighted by atomic mass is 32.2. The van der Waals surface area contributed by atoms with Gasteiger partial charge >= 0.3 is 5.97 Å². The summed E-state index contributed by atoms with van der Waals surface area (Å²) in [4.78, 5) is 24.3. The van der Waals surface area contributed by atoms with E-state index in [2.05, 4.69) is 15.5 Å². The molecule has 9 heteroatoms. The van der Waals surface area contributed by atoms with Crippen LogP contribution in [-0.4, -0.2) is 38.6 Å². The van der Waals surface area contributed by atoms with Crippen LogP contribution in [0.5, 0.6) is 0 Å². The first-order valence-corrected chi connectivity index (χ1v) is 10.9. The third-order valence-electron chi connectivity index (χ3n) is 4.72. The Hall–Kier alpha value is -2.55. The lowest BCUT2D eigenvalue weighted by molar-refractivity contribution is -0.113. The monoisotopic (exact) mass is 417 g/mol. The van der Waals surface area contributed by atoms with Gasteiger partial charge in [-0.25, -0.2) is 9.47 Å². The van der Waals surface area contributed by atoms with Gasteiger partial charge in [-0.05, 0) is 44.9 Å². The highest BCUT2D eigenvalue weighted by Crippen LogP contribution is 2.32. The fourth-order valence-corrected chi connectivity index (χ4v) is 4.02. The molecule has 0 bridgehead atoms. The van der Waals surface area contributed by atoms with Gasteiger partial charge in [-0.15, -0.1) is 10.2 Å². The van der Waals surface area contributed by atoms with Gasteiger partial charge in [0.1, 0.15) is 0 Å². The van der Waals surface area contributed by atoms with Crippen molar-refractivity contribution in [1.29, 1.82) is 0 Å². The van der Waals surface area contributed by atoms with Crippen LogP contribution in [0.25, 0.3) is 0 Å². The second-order valence-corrected chi connectivity index (χ2v) is 8.36. The number of carbonyl (C=O) groups excluding carboxylic acids is 2. The number of nitrogens with two attached hydrogens (primary N) is 1. The average molecular weight is 418 g/mol. The fraction of sp³-hybridized carbons (Fsp3) is 0.500. The Labute approximate surface area is 174 Å². The van der Waals surface area contributed by atoms with Crippen molar-refractivity contribution in [2.24, 2.45) is 0 Å². The van der Waals surface area contributed by atoms with Crippen molar-refractivity contribution >= 4 is 29.3 Å². The molecule has 1 aliphatic carbocycles. The molecule has 0 atom stereocenters. The highest BCUT2D eigenvalue weighted by Gasteiger charge is 2.23. The summed E-state index contributed by atoms with van der Waals surface area (Å²) in [5.41, 5.74) is 0.925. The quantitative estimate of drug-likeness (QED) is 0.404. The summed E-state index contributed by atoms with van der Waals surface area (Å²) in [7, 11) is 0. The highest BCUT2D eigenvalue weighted by molar-refractivity contribution is 7.99. The lowest BCUT2D eigenvalue weighted by atomic mass is 9.89. The van der Waals surface area contributed by atoms with E-state index in [4.69, 9.17) is 10.6 Å². The molecule has 0 spiro atoms. The molecule has 1 heterocycles. The van der Waals surface area contributed by atoms with Crippen LogP contribution in [0.2, 0.25) is 0 Å². The van der Waals surface area contributed by atoms with Gasteiger partial charge in [0, 0.05) is 11.6 Å². The molecule has 0 unspecified atom stereocenters. The van der Waals surface area contributed by atoms with Gasteiger partial charge < -0.3 is 15.9 Å². The molecule has 1 aromatic heterocycles. The predicted octanol–water partition coefficient (Wildman–Crippen LogP) is 3.34. The van der Waals surface area contributed by atoms with E-state index < -0.39 is 5.97 Å². The van der Waals surface area contributed by atoms with E-state index >= 15 is 0 Å². The summed E-state index contributed by atoms with van der Waals surface area (Å²) in [6.07, 6.45) is 5.59. The number of esters is 1. The summed E-state index contributed by atoms with van der Waals surface area (Å²) in [5, 5.41) is 11.7. The molecule has 156 valence electrons. The van der Waals surface area contributed by atoms with E-state index in [1.165, 1.54) is 35.7 Å². The molecule has 8 nitrogen and oxygen atoms in total. The van der Waals surface area contributed by atoms with Gasteiger partial charge in [0.25, 0.3) is 0 Å². The predicted molar refractivity (Wildman–Crippen MR) is 112 cm³/mol. The summed E-state index contributed by atoms with van der Waals surface area (Å²) in [6.45, 7) is 3.58. The largest absolute Gasteiger partial charge is 0.459 e. The molecule has 3 rings (SSSR count). The maximum atomic E-state index is 12.3. The van der Waals surface area contributed by atoms with Gasteiger partial charge in [-0.3, -0.25) is 4.79 Å². The Bertz CT molecular complexity index is 862. The molecule has 1 aliphatic rings. The number of nitrogens with zero attached hydrogens (tertiary/aromatic N) is 3. The number of ether oxygens (including phenoxy) is 1. The van der Waals surface area contributed by atoms with Crippen molar-refractivity contribution in [2.75, 3.05) is 16.9 Å². The summed E-state index contributed by atoms with van der Waals surface area (Å²) < 4.78 is 6.69. The van der Waals surface area contributed by atoms with E-state index in [1.54, 1.807) is 38.1 Å². The van der Waals surface area contributed by atoms with E-state index in [9.17, 15) is 9.59 Å². The molecular formula is C20H27N5O3S. The molecule has 0 aliphatic heterocycles. The van der Waals surface area contributed by atoms with Crippen LogP contribution in [0, 0.1) is 0 Å². The molecule has 3 N–H and O–H groups in total. The molecule has 1 fully saturated rings. The summed E-state index contributed by atoms with van der Waals surface area (Å²) in [6, 6.07) is 6.67. The lowest BCUT2D eigenvalue weighted by Gasteiger charge is -2.20. The SMILES string of the molecule is CC(C)OC(=O)c1cccc(NC(=O)CSc2nnc(C3CCCCC3)n2N)c1. The zero-order valence-corrected chi connectivity index (χ0v) is 17.6. The Balaban J connectivity index is 1.55. The first kappa shape index (κ1) is 21.2. The maximum absolute atomic E-state index is 12.3. The van der Waals surface area contributed by atoms with Gasteiger partial charge in [0.15, 0.2) is 5.82 Å². The summed E-state index contributed by atoms with van der Waals surface area (Å²) >= 11 is 1.24. The number of rotatable bonds is 7. The van der Waals surface area contributed by atoms with Crippen LogP contribution in [-0.2, 0) is 9.53 Å². The Morgan fingerprint density at radius 1 is 1.28 bits per heavy atom. The van der Waals surface area contributed by atoms with Crippen molar-refractivity contribution in [3.63, 3.8) is 0 Å². The lowest BCUT2D eigenvalue weighted by Crippen LogP contribution is -2.20.